The molecule has 0 aliphatic rings. The van der Waals surface area contributed by atoms with E-state index in [9.17, 15) is 22.8 Å². The van der Waals surface area contributed by atoms with Gasteiger partial charge in [-0.25, -0.2) is 4.79 Å². The van der Waals surface area contributed by atoms with Gasteiger partial charge in [-0.2, -0.15) is 13.2 Å². The number of methoxy groups -OCH3 is 1. The number of carbonyl (C=O) groups excluding carboxylic acids is 2. The van der Waals surface area contributed by atoms with Gasteiger partial charge in [-0.3, -0.25) is 4.79 Å². The lowest BCUT2D eigenvalue weighted by molar-refractivity contribution is -0.137. The summed E-state index contributed by atoms with van der Waals surface area (Å²) in [4.78, 5) is 24.3. The standard InChI is InChI=1S/C20H18Cl2F3NO5/c1-10(2)31-18-14(22)6-11(7-16(18)29-3)19(28)30-9-17(27)26-15-5-4-12(21)8-13(15)20(23,24)25/h4-8,10H,9H2,1-3H3,(H,26,27). The SMILES string of the molecule is COc1cc(C(=O)OCC(=O)Nc2ccc(Cl)cc2C(F)(F)F)cc(Cl)c1OC(C)C. The van der Waals surface area contributed by atoms with Crippen molar-refractivity contribution in [2.45, 2.75) is 26.1 Å². The van der Waals surface area contributed by atoms with Crippen molar-refractivity contribution >= 4 is 40.8 Å². The van der Waals surface area contributed by atoms with Gasteiger partial charge in [0, 0.05) is 5.02 Å². The maximum absolute atomic E-state index is 13.1. The molecule has 0 spiro atoms. The molecule has 0 heterocycles. The molecule has 1 N–H and O–H groups in total. The minimum absolute atomic E-state index is 0.0340. The molecule has 11 heteroatoms. The van der Waals surface area contributed by atoms with E-state index < -0.39 is 35.9 Å². The quantitative estimate of drug-likeness (QED) is 0.522. The largest absolute Gasteiger partial charge is 0.493 e. The molecule has 2 aromatic carbocycles. The Hall–Kier alpha value is -2.65. The van der Waals surface area contributed by atoms with Gasteiger partial charge < -0.3 is 19.5 Å². The number of nitrogens with one attached hydrogen (secondary N) is 1. The molecule has 0 fully saturated rings. The summed E-state index contributed by atoms with van der Waals surface area (Å²) in [6.07, 6.45) is -4.94. The lowest BCUT2D eigenvalue weighted by Gasteiger charge is -2.16. The third-order valence-corrected chi connectivity index (χ3v) is 4.23. The number of halogens is 5. The van der Waals surface area contributed by atoms with Crippen LogP contribution in [-0.2, 0) is 15.7 Å². The highest BCUT2D eigenvalue weighted by atomic mass is 35.5. The van der Waals surface area contributed by atoms with Crippen LogP contribution in [0.4, 0.5) is 18.9 Å². The van der Waals surface area contributed by atoms with Crippen LogP contribution >= 0.6 is 23.2 Å². The summed E-state index contributed by atoms with van der Waals surface area (Å²) < 4.78 is 54.9. The van der Waals surface area contributed by atoms with E-state index in [1.54, 1.807) is 13.8 Å². The van der Waals surface area contributed by atoms with Crippen molar-refractivity contribution in [1.29, 1.82) is 0 Å². The summed E-state index contributed by atoms with van der Waals surface area (Å²) >= 11 is 11.7. The van der Waals surface area contributed by atoms with Gasteiger partial charge in [-0.1, -0.05) is 23.2 Å². The number of alkyl halides is 3. The Morgan fingerprint density at radius 3 is 2.39 bits per heavy atom. The molecule has 2 aromatic rings. The average molecular weight is 480 g/mol. The Labute approximate surface area is 186 Å². The molecule has 1 amide bonds. The van der Waals surface area contributed by atoms with Crippen LogP contribution in [0.2, 0.25) is 10.0 Å². The lowest BCUT2D eigenvalue weighted by Crippen LogP contribution is -2.23. The van der Waals surface area contributed by atoms with E-state index >= 15 is 0 Å². The zero-order valence-electron chi connectivity index (χ0n) is 16.6. The number of benzene rings is 2. The monoisotopic (exact) mass is 479 g/mol. The minimum Gasteiger partial charge on any atom is -0.493 e. The van der Waals surface area contributed by atoms with Crippen LogP contribution in [0.5, 0.6) is 11.5 Å². The van der Waals surface area contributed by atoms with Crippen molar-refractivity contribution < 1.29 is 37.0 Å². The van der Waals surface area contributed by atoms with E-state index in [1.165, 1.54) is 25.3 Å². The summed E-state index contributed by atoms with van der Waals surface area (Å²) in [6.45, 7) is 2.73. The summed E-state index contributed by atoms with van der Waals surface area (Å²) in [5.74, 6) is -1.50. The third-order valence-electron chi connectivity index (χ3n) is 3.71. The molecule has 0 saturated heterocycles. The number of anilines is 1. The predicted octanol–water partition coefficient (Wildman–Crippen LogP) is 5.60. The number of carbonyl (C=O) groups is 2. The number of ether oxygens (including phenoxy) is 3. The second kappa shape index (κ2) is 10.1. The number of rotatable bonds is 7. The number of hydrogen-bond donors (Lipinski definition) is 1. The molecule has 0 saturated carbocycles. The molecule has 2 rings (SSSR count). The van der Waals surface area contributed by atoms with E-state index in [2.05, 4.69) is 5.32 Å². The number of hydrogen-bond acceptors (Lipinski definition) is 5. The Bertz CT molecular complexity index is 980. The van der Waals surface area contributed by atoms with Crippen molar-refractivity contribution in [3.63, 3.8) is 0 Å². The first-order valence-electron chi connectivity index (χ1n) is 8.80. The van der Waals surface area contributed by atoms with Gasteiger partial charge in [0.25, 0.3) is 5.91 Å². The Kier molecular flexibility index (Phi) is 8.02. The summed E-state index contributed by atoms with van der Waals surface area (Å²) in [6, 6.07) is 5.45. The maximum atomic E-state index is 13.1. The van der Waals surface area contributed by atoms with Crippen LogP contribution in [0.15, 0.2) is 30.3 Å². The Morgan fingerprint density at radius 1 is 1.13 bits per heavy atom. The normalized spacial score (nSPS) is 11.3. The molecule has 0 unspecified atom stereocenters. The second-order valence-corrected chi connectivity index (χ2v) is 7.31. The first kappa shape index (κ1) is 24.6. The van der Waals surface area contributed by atoms with E-state index in [1.807, 2.05) is 0 Å². The van der Waals surface area contributed by atoms with E-state index in [-0.39, 0.29) is 33.2 Å². The smallest absolute Gasteiger partial charge is 0.418 e. The van der Waals surface area contributed by atoms with Gasteiger partial charge >= 0.3 is 12.1 Å². The Balaban J connectivity index is 2.10. The number of amides is 1. The molecule has 168 valence electrons. The van der Waals surface area contributed by atoms with E-state index in [0.717, 1.165) is 6.07 Å². The van der Waals surface area contributed by atoms with Crippen molar-refractivity contribution in [2.75, 3.05) is 19.0 Å². The van der Waals surface area contributed by atoms with Gasteiger partial charge in [0.1, 0.15) is 0 Å². The second-order valence-electron chi connectivity index (χ2n) is 6.47. The lowest BCUT2D eigenvalue weighted by atomic mass is 10.1. The molecule has 0 aliphatic carbocycles. The van der Waals surface area contributed by atoms with Crippen LogP contribution in [0.25, 0.3) is 0 Å². The van der Waals surface area contributed by atoms with Crippen molar-refractivity contribution in [3.05, 3.63) is 51.5 Å². The average Bonchev–Trinajstić information content (AvgIpc) is 2.67. The van der Waals surface area contributed by atoms with Crippen LogP contribution < -0.4 is 14.8 Å². The van der Waals surface area contributed by atoms with Crippen LogP contribution in [0.3, 0.4) is 0 Å². The molecular weight excluding hydrogens is 462 g/mol. The Morgan fingerprint density at radius 2 is 1.81 bits per heavy atom. The minimum atomic E-state index is -4.74. The van der Waals surface area contributed by atoms with Crippen LogP contribution in [0.1, 0.15) is 29.8 Å². The van der Waals surface area contributed by atoms with Crippen LogP contribution in [0, 0.1) is 0 Å². The van der Waals surface area contributed by atoms with Crippen molar-refractivity contribution in [3.8, 4) is 11.5 Å². The fourth-order valence-corrected chi connectivity index (χ4v) is 2.88. The summed E-state index contributed by atoms with van der Waals surface area (Å²) in [5, 5.41) is 1.99. The molecule has 0 bridgehead atoms. The van der Waals surface area contributed by atoms with Gasteiger partial charge in [0.15, 0.2) is 18.1 Å². The highest BCUT2D eigenvalue weighted by Crippen LogP contribution is 2.38. The third kappa shape index (κ3) is 6.67. The molecule has 0 aromatic heterocycles. The van der Waals surface area contributed by atoms with Gasteiger partial charge in [0.05, 0.1) is 35.1 Å². The predicted molar refractivity (Wildman–Crippen MR) is 109 cm³/mol. The van der Waals surface area contributed by atoms with E-state index in [4.69, 9.17) is 37.4 Å². The maximum Gasteiger partial charge on any atom is 0.418 e. The highest BCUT2D eigenvalue weighted by molar-refractivity contribution is 6.32. The molecular formula is C20H18Cl2F3NO5. The molecule has 0 aliphatic heterocycles. The zero-order chi connectivity index (χ0) is 23.3. The summed E-state index contributed by atoms with van der Waals surface area (Å²) in [7, 11) is 1.35. The highest BCUT2D eigenvalue weighted by Gasteiger charge is 2.34. The number of esters is 1. The molecule has 6 nitrogen and oxygen atoms in total. The molecule has 0 atom stereocenters. The van der Waals surface area contributed by atoms with E-state index in [0.29, 0.717) is 6.07 Å². The topological polar surface area (TPSA) is 73.9 Å². The summed E-state index contributed by atoms with van der Waals surface area (Å²) in [5.41, 5.74) is -1.68. The van der Waals surface area contributed by atoms with Crippen molar-refractivity contribution in [2.24, 2.45) is 0 Å². The van der Waals surface area contributed by atoms with Gasteiger partial charge in [-0.05, 0) is 44.2 Å². The van der Waals surface area contributed by atoms with Crippen molar-refractivity contribution in [1.82, 2.24) is 0 Å². The zero-order valence-corrected chi connectivity index (χ0v) is 18.1. The molecule has 0 radical (unpaired) electrons. The van der Waals surface area contributed by atoms with Gasteiger partial charge in [0.2, 0.25) is 0 Å². The fourth-order valence-electron chi connectivity index (χ4n) is 2.45. The fraction of sp³-hybridized carbons (Fsp3) is 0.300. The molecule has 31 heavy (non-hydrogen) atoms. The van der Waals surface area contributed by atoms with Crippen LogP contribution in [-0.4, -0.2) is 31.7 Å². The van der Waals surface area contributed by atoms with Gasteiger partial charge in [-0.15, -0.1) is 0 Å². The first-order valence-corrected chi connectivity index (χ1v) is 9.56. The first-order chi connectivity index (χ1) is 14.4.